The average Bonchev–Trinajstić information content (AvgIpc) is 3.12. The van der Waals surface area contributed by atoms with Crippen LogP contribution in [0.25, 0.3) is 0 Å². The van der Waals surface area contributed by atoms with E-state index in [1.807, 2.05) is 21.1 Å². The average molecular weight is 785 g/mol. The van der Waals surface area contributed by atoms with Crippen molar-refractivity contribution in [1.29, 1.82) is 0 Å². The lowest BCUT2D eigenvalue weighted by Gasteiger charge is -2.30. The van der Waals surface area contributed by atoms with Gasteiger partial charge in [-0.2, -0.15) is 0 Å². The first kappa shape index (κ1) is 53.0. The van der Waals surface area contributed by atoms with Gasteiger partial charge < -0.3 is 28.8 Å². The van der Waals surface area contributed by atoms with Gasteiger partial charge in [-0.05, 0) is 44.9 Å². The van der Waals surface area contributed by atoms with Crippen LogP contribution in [-0.4, -0.2) is 68.5 Å². The minimum Gasteiger partial charge on any atom is -0.756 e. The molecule has 0 aliphatic carbocycles. The molecule has 2 N–H and O–H groups in total. The van der Waals surface area contributed by atoms with Crippen LogP contribution in [0.4, 0.5) is 0 Å². The number of nitrogens with one attached hydrogen (secondary N) is 1. The van der Waals surface area contributed by atoms with Crippen LogP contribution >= 0.6 is 7.82 Å². The van der Waals surface area contributed by atoms with Crippen LogP contribution in [-0.2, 0) is 18.4 Å². The summed E-state index contributed by atoms with van der Waals surface area (Å²) in [5, 5.41) is 13.7. The summed E-state index contributed by atoms with van der Waals surface area (Å²) in [4.78, 5) is 25.1. The molecular weight excluding hydrogens is 695 g/mol. The second-order valence-corrected chi connectivity index (χ2v) is 18.2. The maximum Gasteiger partial charge on any atom is 0.268 e. The summed E-state index contributed by atoms with van der Waals surface area (Å²) < 4.78 is 23.1. The van der Waals surface area contributed by atoms with E-state index in [4.69, 9.17) is 9.05 Å². The van der Waals surface area contributed by atoms with E-state index >= 15 is 0 Å². The highest BCUT2D eigenvalue weighted by Gasteiger charge is 2.24. The summed E-state index contributed by atoms with van der Waals surface area (Å²) in [5.41, 5.74) is 0. The molecule has 0 heterocycles. The van der Waals surface area contributed by atoms with Gasteiger partial charge in [0.25, 0.3) is 7.82 Å². The molecule has 3 unspecified atom stereocenters. The van der Waals surface area contributed by atoms with Crippen molar-refractivity contribution in [2.75, 3.05) is 40.9 Å². The number of allylic oxidation sites excluding steroid dienone is 4. The summed E-state index contributed by atoms with van der Waals surface area (Å²) in [6.45, 7) is 4.62. The monoisotopic (exact) mass is 785 g/mol. The summed E-state index contributed by atoms with van der Waals surface area (Å²) >= 11 is 0. The van der Waals surface area contributed by atoms with Crippen LogP contribution in [0.15, 0.2) is 24.3 Å². The molecule has 0 rings (SSSR count). The number of hydrogen-bond donors (Lipinski definition) is 2. The number of rotatable bonds is 41. The van der Waals surface area contributed by atoms with Gasteiger partial charge in [0.1, 0.15) is 13.2 Å². The molecule has 0 aromatic carbocycles. The minimum absolute atomic E-state index is 0.0122. The molecule has 0 spiro atoms. The van der Waals surface area contributed by atoms with Crippen LogP contribution in [0.1, 0.15) is 206 Å². The van der Waals surface area contributed by atoms with Gasteiger partial charge in [-0.3, -0.25) is 9.36 Å². The molecule has 0 saturated carbocycles. The Morgan fingerprint density at radius 1 is 0.648 bits per heavy atom. The van der Waals surface area contributed by atoms with Gasteiger partial charge in [0, 0.05) is 6.42 Å². The number of carbonyl (C=O) groups is 1. The Labute approximate surface area is 334 Å². The number of quaternary nitrogens is 1. The Kier molecular flexibility index (Phi) is 36.8. The molecule has 0 fully saturated rings. The van der Waals surface area contributed by atoms with Gasteiger partial charge in [-0.15, -0.1) is 0 Å². The number of hydrogen-bond acceptors (Lipinski definition) is 6. The van der Waals surface area contributed by atoms with Crippen LogP contribution in [0, 0.1) is 0 Å². The summed E-state index contributed by atoms with van der Waals surface area (Å²) in [7, 11) is 1.30. The Bertz CT molecular complexity index is 938. The topological polar surface area (TPSA) is 108 Å². The van der Waals surface area contributed by atoms with Crippen molar-refractivity contribution < 1.29 is 32.9 Å². The Morgan fingerprint density at radius 2 is 1.07 bits per heavy atom. The lowest BCUT2D eigenvalue weighted by molar-refractivity contribution is -0.870. The quantitative estimate of drug-likeness (QED) is 0.0277. The second-order valence-electron chi connectivity index (χ2n) is 16.8. The molecular formula is C45H89N2O6P. The van der Waals surface area contributed by atoms with E-state index in [1.165, 1.54) is 122 Å². The number of aliphatic hydroxyl groups is 1. The van der Waals surface area contributed by atoms with Crippen LogP contribution in [0.3, 0.4) is 0 Å². The van der Waals surface area contributed by atoms with Gasteiger partial charge in [0.15, 0.2) is 0 Å². The van der Waals surface area contributed by atoms with E-state index in [-0.39, 0.29) is 19.1 Å². The van der Waals surface area contributed by atoms with Crippen molar-refractivity contribution in [3.63, 3.8) is 0 Å². The highest BCUT2D eigenvalue weighted by molar-refractivity contribution is 7.45. The molecule has 8 nitrogen and oxygen atoms in total. The maximum absolute atomic E-state index is 12.8. The highest BCUT2D eigenvalue weighted by Crippen LogP contribution is 2.38. The van der Waals surface area contributed by atoms with Gasteiger partial charge in [0.05, 0.1) is 39.9 Å². The van der Waals surface area contributed by atoms with Crippen LogP contribution in [0.5, 0.6) is 0 Å². The number of phosphoric ester groups is 1. The molecule has 0 bridgehead atoms. The Hall–Kier alpha value is -1.02. The Balaban J connectivity index is 3.92. The van der Waals surface area contributed by atoms with E-state index in [2.05, 4.69) is 43.5 Å². The maximum atomic E-state index is 12.8. The zero-order valence-corrected chi connectivity index (χ0v) is 37.1. The molecule has 1 amide bonds. The number of phosphoric acid groups is 1. The van der Waals surface area contributed by atoms with Crippen molar-refractivity contribution in [2.45, 2.75) is 219 Å². The molecule has 0 saturated heterocycles. The minimum atomic E-state index is -4.54. The van der Waals surface area contributed by atoms with Crippen molar-refractivity contribution in [3.05, 3.63) is 24.3 Å². The molecule has 54 heavy (non-hydrogen) atoms. The summed E-state index contributed by atoms with van der Waals surface area (Å²) in [5.74, 6) is -0.171. The van der Waals surface area contributed by atoms with Crippen LogP contribution < -0.4 is 10.2 Å². The third-order valence-corrected chi connectivity index (χ3v) is 11.2. The lowest BCUT2D eigenvalue weighted by Crippen LogP contribution is -2.46. The van der Waals surface area contributed by atoms with Crippen molar-refractivity contribution >= 4 is 13.7 Å². The van der Waals surface area contributed by atoms with Gasteiger partial charge >= 0.3 is 0 Å². The third kappa shape index (κ3) is 39.2. The zero-order valence-electron chi connectivity index (χ0n) is 36.2. The number of unbranched alkanes of at least 4 members (excludes halogenated alkanes) is 24. The molecule has 0 radical (unpaired) electrons. The van der Waals surface area contributed by atoms with Crippen LogP contribution in [0.2, 0.25) is 0 Å². The molecule has 0 aliphatic heterocycles. The molecule has 0 aliphatic rings. The third-order valence-electron chi connectivity index (χ3n) is 10.2. The molecule has 0 aromatic heterocycles. The van der Waals surface area contributed by atoms with E-state index < -0.39 is 20.0 Å². The molecule has 320 valence electrons. The first-order chi connectivity index (χ1) is 26.0. The fourth-order valence-corrected chi connectivity index (χ4v) is 7.26. The molecule has 0 aromatic rings. The lowest BCUT2D eigenvalue weighted by atomic mass is 10.0. The smallest absolute Gasteiger partial charge is 0.268 e. The first-order valence-corrected chi connectivity index (χ1v) is 24.1. The Morgan fingerprint density at radius 3 is 1.54 bits per heavy atom. The highest BCUT2D eigenvalue weighted by atomic mass is 31.2. The summed E-state index contributed by atoms with van der Waals surface area (Å²) in [6.07, 6.45) is 43.8. The second kappa shape index (κ2) is 37.6. The predicted molar refractivity (Wildman–Crippen MR) is 228 cm³/mol. The number of likely N-dealkylation sites (N-methyl/N-ethyl adjacent to an activating group) is 1. The van der Waals surface area contributed by atoms with Gasteiger partial charge in [-0.1, -0.05) is 179 Å². The van der Waals surface area contributed by atoms with E-state index in [0.717, 1.165) is 57.8 Å². The van der Waals surface area contributed by atoms with Crippen molar-refractivity contribution in [1.82, 2.24) is 5.32 Å². The SMILES string of the molecule is CCCCCCC/C=C\C/C=C\CCCCCCCCCCCCCCCCCC(=O)NC(COP(=O)([O-])OCC[N+](C)(C)C)C(O)CCCCCCC. The number of carbonyl (C=O) groups excluding carboxylic acids is 1. The zero-order chi connectivity index (χ0) is 40.0. The molecule has 3 atom stereocenters. The fraction of sp³-hybridized carbons (Fsp3) is 0.889. The standard InChI is InChI=1S/C45H89N2O6P/c1-6-8-10-12-13-14-15-16-17-18-19-20-21-22-23-24-25-26-27-28-29-30-31-32-33-35-37-39-45(49)46-43(44(48)38-36-34-11-9-7-2)42-53-54(50,51)52-41-40-47(3,4)5/h15-16,18-19,43-44,48H,6-14,17,20-42H2,1-5H3,(H-,46,49,50,51)/b16-15-,19-18-. The largest absolute Gasteiger partial charge is 0.756 e. The number of aliphatic hydroxyl groups excluding tert-OH is 1. The van der Waals surface area contributed by atoms with E-state index in [9.17, 15) is 19.4 Å². The predicted octanol–water partition coefficient (Wildman–Crippen LogP) is 11.9. The number of nitrogens with zero attached hydrogens (tertiary/aromatic N) is 1. The fourth-order valence-electron chi connectivity index (χ4n) is 6.54. The summed E-state index contributed by atoms with van der Waals surface area (Å²) in [6, 6.07) is -0.794. The van der Waals surface area contributed by atoms with E-state index in [1.54, 1.807) is 0 Å². The van der Waals surface area contributed by atoms with Crippen molar-refractivity contribution in [3.8, 4) is 0 Å². The first-order valence-electron chi connectivity index (χ1n) is 22.7. The molecule has 9 heteroatoms. The van der Waals surface area contributed by atoms with Gasteiger partial charge in [-0.25, -0.2) is 0 Å². The van der Waals surface area contributed by atoms with E-state index in [0.29, 0.717) is 23.9 Å². The van der Waals surface area contributed by atoms with Crippen molar-refractivity contribution in [2.24, 2.45) is 0 Å². The van der Waals surface area contributed by atoms with Gasteiger partial charge in [0.2, 0.25) is 5.91 Å². The number of amides is 1. The normalized spacial score (nSPS) is 14.6.